The molecule has 1 atom stereocenters. The number of H-pyrrole nitrogens is 1. The maximum Gasteiger partial charge on any atom is 0.440 e. The van der Waals surface area contributed by atoms with E-state index in [-0.39, 0.29) is 12.5 Å². The van der Waals surface area contributed by atoms with Crippen molar-refractivity contribution in [1.82, 2.24) is 14.6 Å². The van der Waals surface area contributed by atoms with Gasteiger partial charge in [0.15, 0.2) is 0 Å². The average Bonchev–Trinajstić information content (AvgIpc) is 3.61. The van der Waals surface area contributed by atoms with Gasteiger partial charge < -0.3 is 14.2 Å². The van der Waals surface area contributed by atoms with Crippen molar-refractivity contribution in [3.05, 3.63) is 146 Å². The first-order valence-electron chi connectivity index (χ1n) is 14.5. The second-order valence-corrected chi connectivity index (χ2v) is 11.1. The summed E-state index contributed by atoms with van der Waals surface area (Å²) in [5, 5.41) is 0. The molecule has 1 saturated heterocycles. The number of likely N-dealkylation sites (tertiary alicyclic amines) is 1. The van der Waals surface area contributed by atoms with Gasteiger partial charge in [-0.25, -0.2) is 14.6 Å². The Kier molecular flexibility index (Phi) is 8.09. The standard InChI is InChI=1S/C35H33N3O5/c1-24-18-30(33(39)37-17-16-27(21-37)19-25-6-3-2-4-7-25)12-15-32(24)29-9-5-8-28(20-29)23-42-31-13-10-26(11-14-31)22-38-34(40)36-35(41)43-38/h2-15,18,20,27H,16-17,19,21-23H2,1H3,(H,36,40,41). The van der Waals surface area contributed by atoms with Gasteiger partial charge >= 0.3 is 11.4 Å². The topological polar surface area (TPSA) is 97.5 Å². The predicted molar refractivity (Wildman–Crippen MR) is 164 cm³/mol. The molecule has 8 heteroatoms. The summed E-state index contributed by atoms with van der Waals surface area (Å²) in [5.41, 5.74) is 6.49. The smallest absolute Gasteiger partial charge is 0.440 e. The largest absolute Gasteiger partial charge is 0.489 e. The summed E-state index contributed by atoms with van der Waals surface area (Å²) >= 11 is 0. The summed E-state index contributed by atoms with van der Waals surface area (Å²) in [6.45, 7) is 4.17. The fraction of sp³-hybridized carbons (Fsp3) is 0.229. The Labute approximate surface area is 249 Å². The van der Waals surface area contributed by atoms with Gasteiger partial charge in [-0.15, -0.1) is 4.74 Å². The van der Waals surface area contributed by atoms with Crippen LogP contribution in [0.2, 0.25) is 0 Å². The summed E-state index contributed by atoms with van der Waals surface area (Å²) in [6, 6.07) is 32.0. The summed E-state index contributed by atoms with van der Waals surface area (Å²) in [4.78, 5) is 40.2. The zero-order chi connectivity index (χ0) is 29.8. The number of nitrogens with zero attached hydrogens (tertiary/aromatic N) is 2. The Morgan fingerprint density at radius 1 is 0.907 bits per heavy atom. The van der Waals surface area contributed by atoms with E-state index in [4.69, 9.17) is 9.26 Å². The van der Waals surface area contributed by atoms with Crippen molar-refractivity contribution in [3.8, 4) is 16.9 Å². The van der Waals surface area contributed by atoms with Crippen LogP contribution < -0.4 is 16.2 Å². The Bertz CT molecular complexity index is 1840. The Morgan fingerprint density at radius 3 is 2.44 bits per heavy atom. The SMILES string of the molecule is Cc1cc(C(=O)N2CCC(Cc3ccccc3)C2)ccc1-c1cccc(COc2ccc(Cn3oc(=O)[nH]c3=O)cc2)c1. The van der Waals surface area contributed by atoms with Gasteiger partial charge in [-0.05, 0) is 89.4 Å². The molecule has 1 fully saturated rings. The van der Waals surface area contributed by atoms with E-state index >= 15 is 0 Å². The molecule has 6 rings (SSSR count). The summed E-state index contributed by atoms with van der Waals surface area (Å²) < 4.78 is 11.8. The van der Waals surface area contributed by atoms with Crippen molar-refractivity contribution in [3.63, 3.8) is 0 Å². The number of nitrogens with one attached hydrogen (secondary N) is 1. The molecule has 1 aliphatic rings. The Hall–Kier alpha value is -5.11. The Balaban J connectivity index is 1.06. The highest BCUT2D eigenvalue weighted by Crippen LogP contribution is 2.28. The van der Waals surface area contributed by atoms with Crippen LogP contribution in [0.1, 0.15) is 39.0 Å². The second kappa shape index (κ2) is 12.4. The number of aromatic amines is 1. The number of benzene rings is 4. The van der Waals surface area contributed by atoms with E-state index in [0.29, 0.717) is 18.3 Å². The molecule has 0 radical (unpaired) electrons. The van der Waals surface area contributed by atoms with Gasteiger partial charge in [0, 0.05) is 18.7 Å². The van der Waals surface area contributed by atoms with E-state index in [9.17, 15) is 14.4 Å². The number of rotatable bonds is 9. The van der Waals surface area contributed by atoms with Crippen molar-refractivity contribution in [1.29, 1.82) is 0 Å². The van der Waals surface area contributed by atoms with E-state index in [2.05, 4.69) is 41.4 Å². The number of carbonyl (C=O) groups excluding carboxylic acids is 1. The van der Waals surface area contributed by atoms with Crippen molar-refractivity contribution >= 4 is 5.91 Å². The first-order chi connectivity index (χ1) is 20.9. The molecule has 1 aliphatic heterocycles. The zero-order valence-corrected chi connectivity index (χ0v) is 24.0. The molecule has 4 aromatic carbocycles. The van der Waals surface area contributed by atoms with Gasteiger partial charge in [-0.3, -0.25) is 4.79 Å². The molecule has 43 heavy (non-hydrogen) atoms. The number of hydrogen-bond acceptors (Lipinski definition) is 5. The van der Waals surface area contributed by atoms with Crippen LogP contribution in [0.5, 0.6) is 5.75 Å². The van der Waals surface area contributed by atoms with Gasteiger partial charge in [0.2, 0.25) is 0 Å². The fourth-order valence-corrected chi connectivity index (χ4v) is 5.70. The van der Waals surface area contributed by atoms with E-state index in [1.807, 2.05) is 72.5 Å². The molecular weight excluding hydrogens is 542 g/mol. The van der Waals surface area contributed by atoms with Crippen LogP contribution in [0.25, 0.3) is 11.1 Å². The normalized spacial score (nSPS) is 14.6. The second-order valence-electron chi connectivity index (χ2n) is 11.1. The third-order valence-electron chi connectivity index (χ3n) is 7.94. The number of amides is 1. The van der Waals surface area contributed by atoms with E-state index in [1.54, 1.807) is 0 Å². The van der Waals surface area contributed by atoms with E-state index in [0.717, 1.165) is 64.1 Å². The molecule has 8 nitrogen and oxygen atoms in total. The lowest BCUT2D eigenvalue weighted by Gasteiger charge is -2.18. The highest BCUT2D eigenvalue weighted by molar-refractivity contribution is 5.95. The molecule has 1 aromatic heterocycles. The molecular formula is C35H33N3O5. The predicted octanol–water partition coefficient (Wildman–Crippen LogP) is 5.44. The number of carbonyl (C=O) groups is 1. The van der Waals surface area contributed by atoms with Crippen molar-refractivity contribution in [2.24, 2.45) is 5.92 Å². The van der Waals surface area contributed by atoms with E-state index < -0.39 is 11.4 Å². The van der Waals surface area contributed by atoms with Crippen LogP contribution in [-0.2, 0) is 19.6 Å². The maximum atomic E-state index is 13.3. The molecule has 0 spiro atoms. The van der Waals surface area contributed by atoms with Crippen LogP contribution in [0, 0.1) is 12.8 Å². The van der Waals surface area contributed by atoms with Gasteiger partial charge in [-0.2, -0.15) is 0 Å². The molecule has 0 bridgehead atoms. The third-order valence-corrected chi connectivity index (χ3v) is 7.94. The minimum Gasteiger partial charge on any atom is -0.489 e. The highest BCUT2D eigenvalue weighted by atomic mass is 16.5. The number of ether oxygens (including phenoxy) is 1. The summed E-state index contributed by atoms with van der Waals surface area (Å²) in [6.07, 6.45) is 2.04. The molecule has 1 amide bonds. The third kappa shape index (κ3) is 6.70. The average molecular weight is 576 g/mol. The van der Waals surface area contributed by atoms with Gasteiger partial charge in [0.05, 0.1) is 6.54 Å². The highest BCUT2D eigenvalue weighted by Gasteiger charge is 2.27. The number of hydrogen-bond donors (Lipinski definition) is 1. The van der Waals surface area contributed by atoms with Crippen LogP contribution >= 0.6 is 0 Å². The van der Waals surface area contributed by atoms with Crippen LogP contribution in [0.4, 0.5) is 0 Å². The van der Waals surface area contributed by atoms with Crippen LogP contribution in [0.3, 0.4) is 0 Å². The Morgan fingerprint density at radius 2 is 1.70 bits per heavy atom. The number of aryl methyl sites for hydroxylation is 1. The molecule has 218 valence electrons. The van der Waals surface area contributed by atoms with Crippen molar-refractivity contribution in [2.45, 2.75) is 32.9 Å². The molecule has 2 heterocycles. The number of aromatic nitrogens is 2. The van der Waals surface area contributed by atoms with Gasteiger partial charge in [0.25, 0.3) is 5.91 Å². The van der Waals surface area contributed by atoms with Crippen LogP contribution in [-0.4, -0.2) is 33.6 Å². The quantitative estimate of drug-likeness (QED) is 0.253. The van der Waals surface area contributed by atoms with Gasteiger partial charge in [0.1, 0.15) is 12.4 Å². The molecule has 0 aliphatic carbocycles. The minimum absolute atomic E-state index is 0.100. The fourth-order valence-electron chi connectivity index (χ4n) is 5.70. The molecule has 1 N–H and O–H groups in total. The van der Waals surface area contributed by atoms with Crippen LogP contribution in [0.15, 0.2) is 111 Å². The lowest BCUT2D eigenvalue weighted by atomic mass is 9.96. The molecule has 1 unspecified atom stereocenters. The lowest BCUT2D eigenvalue weighted by Crippen LogP contribution is -2.29. The van der Waals surface area contributed by atoms with Gasteiger partial charge in [-0.1, -0.05) is 66.7 Å². The van der Waals surface area contributed by atoms with E-state index in [1.165, 1.54) is 5.56 Å². The molecule has 0 saturated carbocycles. The zero-order valence-electron chi connectivity index (χ0n) is 24.0. The monoisotopic (exact) mass is 575 g/mol. The summed E-state index contributed by atoms with van der Waals surface area (Å²) in [7, 11) is 0. The maximum absolute atomic E-state index is 13.3. The van der Waals surface area contributed by atoms with Crippen molar-refractivity contribution in [2.75, 3.05) is 13.1 Å². The lowest BCUT2D eigenvalue weighted by molar-refractivity contribution is 0.0787. The summed E-state index contributed by atoms with van der Waals surface area (Å²) in [5.74, 6) is 0.503. The minimum atomic E-state index is -0.776. The molecule has 5 aromatic rings. The first-order valence-corrected chi connectivity index (χ1v) is 14.5. The first kappa shape index (κ1) is 28.0. The van der Waals surface area contributed by atoms with Crippen molar-refractivity contribution < 1.29 is 14.1 Å².